The molecule has 0 bridgehead atoms. The summed E-state index contributed by atoms with van der Waals surface area (Å²) in [5.74, 6) is 0. The summed E-state index contributed by atoms with van der Waals surface area (Å²) in [4.78, 5) is 0. The molecule has 0 aromatic heterocycles. The molecule has 0 nitrogen and oxygen atoms in total. The van der Waals surface area contributed by atoms with Crippen molar-refractivity contribution in [1.29, 1.82) is 0 Å². The molecule has 0 N–H and O–H groups in total. The first kappa shape index (κ1) is 34.0. The maximum Gasteiger partial charge on any atom is 2.00 e. The number of hydrogen-bond acceptors (Lipinski definition) is 0. The van der Waals surface area contributed by atoms with Crippen LogP contribution in [0.1, 0.15) is 25.7 Å². The minimum atomic E-state index is -0.957. The van der Waals surface area contributed by atoms with Crippen molar-refractivity contribution in [3.8, 4) is 0 Å². The Bertz CT molecular complexity index is 574. The van der Waals surface area contributed by atoms with Crippen LogP contribution in [-0.4, -0.2) is 16.1 Å². The van der Waals surface area contributed by atoms with Crippen LogP contribution in [0.15, 0.2) is 59.8 Å². The largest absolute Gasteiger partial charge is 2.00 e. The van der Waals surface area contributed by atoms with Crippen molar-refractivity contribution in [1.82, 2.24) is 0 Å². The molecule has 0 spiro atoms. The first-order valence-electron chi connectivity index (χ1n) is 9.80. The van der Waals surface area contributed by atoms with Crippen molar-refractivity contribution in [3.63, 3.8) is 0 Å². The van der Waals surface area contributed by atoms with E-state index in [9.17, 15) is 0 Å². The molecule has 29 heavy (non-hydrogen) atoms. The molecular weight excluding hydrogens is 507 g/mol. The van der Waals surface area contributed by atoms with Gasteiger partial charge in [0.1, 0.15) is 0 Å². The van der Waals surface area contributed by atoms with Crippen LogP contribution in [0.3, 0.4) is 0 Å². The van der Waals surface area contributed by atoms with Crippen molar-refractivity contribution < 1.29 is 26.2 Å². The fourth-order valence-corrected chi connectivity index (χ4v) is 6.56. The molecule has 0 unspecified atom stereocenters. The van der Waals surface area contributed by atoms with Gasteiger partial charge in [0.25, 0.3) is 0 Å². The second kappa shape index (κ2) is 16.0. The molecule has 0 heterocycles. The smallest absolute Gasteiger partial charge is 0.269 e. The number of allylic oxidation sites excluding steroid dienone is 10. The maximum atomic E-state index is 4.14. The molecule has 0 aromatic rings. The Kier molecular flexibility index (Phi) is 18.8. The molecule has 0 atom stereocenters. The summed E-state index contributed by atoms with van der Waals surface area (Å²) >= 11 is 0. The van der Waals surface area contributed by atoms with Gasteiger partial charge in [-0.25, -0.2) is 23.3 Å². The van der Waals surface area contributed by atoms with E-state index >= 15 is 0 Å². The van der Waals surface area contributed by atoms with Crippen LogP contribution in [0.5, 0.6) is 0 Å². The van der Waals surface area contributed by atoms with Crippen molar-refractivity contribution in [2.45, 2.75) is 77.1 Å². The summed E-state index contributed by atoms with van der Waals surface area (Å²) in [5, 5.41) is 0. The molecule has 0 radical (unpaired) electrons. The summed E-state index contributed by atoms with van der Waals surface area (Å²) in [7, 11) is -1.91. The Morgan fingerprint density at radius 2 is 1.07 bits per heavy atom. The van der Waals surface area contributed by atoms with Gasteiger partial charge in [-0.1, -0.05) is 63.6 Å². The summed E-state index contributed by atoms with van der Waals surface area (Å²) in [6.45, 7) is 22.6. The minimum absolute atomic E-state index is 0. The van der Waals surface area contributed by atoms with Crippen LogP contribution in [0.4, 0.5) is 0 Å². The molecule has 0 fully saturated rings. The average molecular weight is 547 g/mol. The van der Waals surface area contributed by atoms with Crippen LogP contribution >= 0.6 is 24.8 Å². The van der Waals surface area contributed by atoms with E-state index in [1.807, 2.05) is 0 Å². The van der Waals surface area contributed by atoms with Gasteiger partial charge in [-0.3, -0.25) is 12.2 Å². The number of hydrogen-bond donors (Lipinski definition) is 0. The summed E-state index contributed by atoms with van der Waals surface area (Å²) in [5.41, 5.74) is 5.44. The van der Waals surface area contributed by atoms with Crippen molar-refractivity contribution >= 4 is 41.0 Å². The second-order valence-electron chi connectivity index (χ2n) is 9.95. The van der Waals surface area contributed by atoms with Gasteiger partial charge in [0, 0.05) is 16.1 Å². The molecular formula is C24H40Cl2Si2Zr. The van der Waals surface area contributed by atoms with Gasteiger partial charge >= 0.3 is 26.2 Å². The summed E-state index contributed by atoms with van der Waals surface area (Å²) < 4.78 is 0. The third kappa shape index (κ3) is 18.8. The summed E-state index contributed by atoms with van der Waals surface area (Å²) in [6, 6.07) is 2.48. The Morgan fingerprint density at radius 3 is 1.28 bits per heavy atom. The van der Waals surface area contributed by atoms with E-state index in [1.54, 1.807) is 0 Å². The van der Waals surface area contributed by atoms with Crippen LogP contribution in [0.25, 0.3) is 0 Å². The van der Waals surface area contributed by atoms with Gasteiger partial charge in [-0.15, -0.1) is 37.7 Å². The van der Waals surface area contributed by atoms with Crippen LogP contribution in [0, 0.1) is 12.2 Å². The van der Waals surface area contributed by atoms with Gasteiger partial charge in [-0.2, -0.15) is 12.2 Å². The van der Waals surface area contributed by atoms with Crippen LogP contribution in [0.2, 0.25) is 51.4 Å². The molecule has 0 aliphatic heterocycles. The molecule has 0 aromatic carbocycles. The number of rotatable bonds is 8. The Balaban J connectivity index is -0.000000422. The zero-order chi connectivity index (χ0) is 19.8. The maximum absolute atomic E-state index is 4.14. The van der Waals surface area contributed by atoms with E-state index in [0.29, 0.717) is 0 Å². The molecule has 5 heteroatoms. The quantitative estimate of drug-likeness (QED) is 0.162. The van der Waals surface area contributed by atoms with E-state index < -0.39 is 16.1 Å². The first-order valence-corrected chi connectivity index (χ1v) is 17.2. The normalized spacial score (nSPS) is 14.4. The molecule has 2 aliphatic rings. The average Bonchev–Trinajstić information content (AvgIpc) is 3.08. The molecule has 162 valence electrons. The Labute approximate surface area is 214 Å². The van der Waals surface area contributed by atoms with Crippen LogP contribution < -0.4 is 0 Å². The van der Waals surface area contributed by atoms with E-state index in [2.05, 4.69) is 88.9 Å². The third-order valence-electron chi connectivity index (χ3n) is 3.97. The van der Waals surface area contributed by atoms with Gasteiger partial charge in [-0.05, 0) is 24.9 Å². The molecule has 0 saturated heterocycles. The van der Waals surface area contributed by atoms with Crippen molar-refractivity contribution in [2.24, 2.45) is 0 Å². The van der Waals surface area contributed by atoms with Gasteiger partial charge < -0.3 is 0 Å². The van der Waals surface area contributed by atoms with Gasteiger partial charge in [0.15, 0.2) is 0 Å². The minimum Gasteiger partial charge on any atom is -0.269 e. The van der Waals surface area contributed by atoms with E-state index in [1.165, 1.54) is 34.4 Å². The van der Waals surface area contributed by atoms with Crippen molar-refractivity contribution in [2.75, 3.05) is 0 Å². The Morgan fingerprint density at radius 1 is 0.759 bits per heavy atom. The Hall–Kier alpha value is 0.337. The van der Waals surface area contributed by atoms with E-state index in [-0.39, 0.29) is 51.0 Å². The number of halogens is 2. The second-order valence-corrected chi connectivity index (χ2v) is 20.9. The third-order valence-corrected chi connectivity index (χ3v) is 7.09. The fourth-order valence-electron chi connectivity index (χ4n) is 3.31. The molecule has 2 aliphatic carbocycles. The van der Waals surface area contributed by atoms with E-state index in [0.717, 1.165) is 25.7 Å². The molecule has 0 amide bonds. The van der Waals surface area contributed by atoms with Gasteiger partial charge in [0.05, 0.1) is 0 Å². The van der Waals surface area contributed by atoms with Gasteiger partial charge in [0.2, 0.25) is 0 Å². The van der Waals surface area contributed by atoms with Crippen molar-refractivity contribution in [3.05, 3.63) is 71.9 Å². The predicted octanol–water partition coefficient (Wildman–Crippen LogP) is 8.76. The fraction of sp³-hybridized carbons (Fsp3) is 0.500. The predicted molar refractivity (Wildman–Crippen MR) is 139 cm³/mol. The molecule has 0 saturated carbocycles. The zero-order valence-electron chi connectivity index (χ0n) is 19.3. The monoisotopic (exact) mass is 544 g/mol. The standard InChI is InChI=1S/2C12H19Si.2ClH.Zr/c2*1-11(10-13(2,3)4)9-12-7-5-6-8-12;;;/h2*5,7H,1,6,9-10H2,2-4H3;2*1H;/q2*-1;;;+2. The topological polar surface area (TPSA) is 0 Å². The van der Waals surface area contributed by atoms with Crippen LogP contribution in [-0.2, 0) is 26.2 Å². The zero-order valence-corrected chi connectivity index (χ0v) is 25.4. The van der Waals surface area contributed by atoms with E-state index in [4.69, 9.17) is 0 Å². The molecule has 2 rings (SSSR count). The SMILES string of the molecule is C=C(CC1=[C-]CC=C1)C[Si](C)(C)C.C=C(CC1=[C-]CC=C1)C[Si](C)(C)C.Cl.Cl.[Zr+2]. The first-order chi connectivity index (χ1) is 11.9. The summed E-state index contributed by atoms with van der Waals surface area (Å²) in [6.07, 6.45) is 19.4.